The van der Waals surface area contributed by atoms with Gasteiger partial charge in [0.05, 0.1) is 6.61 Å². The summed E-state index contributed by atoms with van der Waals surface area (Å²) in [6, 6.07) is 0.338. The zero-order chi connectivity index (χ0) is 9.26. The Morgan fingerprint density at radius 1 is 1.46 bits per heavy atom. The monoisotopic (exact) mass is 183 g/mol. The maximum absolute atomic E-state index is 11.4. The molecule has 1 aliphatic heterocycles. The van der Waals surface area contributed by atoms with Gasteiger partial charge >= 0.3 is 0 Å². The second-order valence-corrected chi connectivity index (χ2v) is 4.14. The fraction of sp³-hybridized carbons (Fsp3) is 0.900. The van der Waals surface area contributed by atoms with Crippen molar-refractivity contribution < 1.29 is 9.53 Å². The van der Waals surface area contributed by atoms with Crippen LogP contribution < -0.4 is 5.32 Å². The predicted molar refractivity (Wildman–Crippen MR) is 49.3 cm³/mol. The number of carbonyl (C=O) groups is 1. The molecule has 1 N–H and O–H groups in total. The van der Waals surface area contributed by atoms with Crippen LogP contribution in [0.5, 0.6) is 0 Å². The third-order valence-corrected chi connectivity index (χ3v) is 3.22. The smallest absolute Gasteiger partial charge is 0.249 e. The number of carbonyl (C=O) groups excluding carboxylic acids is 1. The van der Waals surface area contributed by atoms with Gasteiger partial charge in [0.1, 0.15) is 6.10 Å². The first-order chi connectivity index (χ1) is 6.27. The highest BCUT2D eigenvalue weighted by Gasteiger charge is 2.30. The molecule has 1 aliphatic carbocycles. The van der Waals surface area contributed by atoms with Crippen molar-refractivity contribution in [3.8, 4) is 0 Å². The van der Waals surface area contributed by atoms with E-state index in [4.69, 9.17) is 4.74 Å². The number of amides is 1. The summed E-state index contributed by atoms with van der Waals surface area (Å²) in [6.07, 6.45) is 4.61. The van der Waals surface area contributed by atoms with E-state index in [1.54, 1.807) is 0 Å². The Morgan fingerprint density at radius 3 is 2.54 bits per heavy atom. The summed E-state index contributed by atoms with van der Waals surface area (Å²) in [5, 5.41) is 3.02. The maximum Gasteiger partial charge on any atom is 0.249 e. The minimum Gasteiger partial charge on any atom is -0.368 e. The van der Waals surface area contributed by atoms with Crippen molar-refractivity contribution in [2.24, 2.45) is 5.92 Å². The summed E-state index contributed by atoms with van der Waals surface area (Å²) < 4.78 is 5.11. The summed E-state index contributed by atoms with van der Waals surface area (Å²) >= 11 is 0. The number of rotatable bonds is 3. The SMILES string of the molecule is C[C@H](NC(=O)C1CCO1)C1CCC1. The standard InChI is InChI=1S/C10H17NO2/c1-7(8-3-2-4-8)11-10(12)9-5-6-13-9/h7-9H,2-6H2,1H3,(H,11,12)/t7-,9?/m0/s1. The molecule has 0 spiro atoms. The molecule has 2 aliphatic rings. The molecule has 0 aromatic carbocycles. The third-order valence-electron chi connectivity index (χ3n) is 3.22. The first-order valence-electron chi connectivity index (χ1n) is 5.19. The van der Waals surface area contributed by atoms with Crippen LogP contribution >= 0.6 is 0 Å². The zero-order valence-electron chi connectivity index (χ0n) is 8.08. The molecule has 0 bridgehead atoms. The van der Waals surface area contributed by atoms with E-state index < -0.39 is 0 Å². The van der Waals surface area contributed by atoms with Crippen LogP contribution in [0.15, 0.2) is 0 Å². The lowest BCUT2D eigenvalue weighted by atomic mass is 9.80. The Labute approximate surface area is 78.8 Å². The molecule has 1 unspecified atom stereocenters. The van der Waals surface area contributed by atoms with Crippen LogP contribution in [0, 0.1) is 5.92 Å². The summed E-state index contributed by atoms with van der Waals surface area (Å²) in [7, 11) is 0. The van der Waals surface area contributed by atoms with E-state index in [2.05, 4.69) is 12.2 Å². The quantitative estimate of drug-likeness (QED) is 0.711. The van der Waals surface area contributed by atoms with E-state index in [9.17, 15) is 4.79 Å². The van der Waals surface area contributed by atoms with Crippen LogP contribution in [0.3, 0.4) is 0 Å². The van der Waals surface area contributed by atoms with E-state index >= 15 is 0 Å². The van der Waals surface area contributed by atoms with Crippen molar-refractivity contribution in [3.05, 3.63) is 0 Å². The molecular weight excluding hydrogens is 166 g/mol. The van der Waals surface area contributed by atoms with Gasteiger partial charge in [0.2, 0.25) is 5.91 Å². The van der Waals surface area contributed by atoms with E-state index in [1.165, 1.54) is 19.3 Å². The van der Waals surface area contributed by atoms with Gasteiger partial charge in [-0.25, -0.2) is 0 Å². The Bertz CT molecular complexity index is 197. The van der Waals surface area contributed by atoms with Crippen molar-refractivity contribution in [2.45, 2.75) is 44.8 Å². The van der Waals surface area contributed by atoms with Gasteiger partial charge in [-0.05, 0) is 25.7 Å². The predicted octanol–water partition coefficient (Wildman–Crippen LogP) is 1.08. The fourth-order valence-corrected chi connectivity index (χ4v) is 1.82. The van der Waals surface area contributed by atoms with Crippen molar-refractivity contribution in [2.75, 3.05) is 6.61 Å². The molecule has 3 heteroatoms. The molecular formula is C10H17NO2. The van der Waals surface area contributed by atoms with Crippen LogP contribution in [0.4, 0.5) is 0 Å². The molecule has 0 aromatic rings. The van der Waals surface area contributed by atoms with Gasteiger partial charge in [0, 0.05) is 12.5 Å². The summed E-state index contributed by atoms with van der Waals surface area (Å²) in [5.74, 6) is 0.801. The van der Waals surface area contributed by atoms with Crippen LogP contribution in [0.1, 0.15) is 32.6 Å². The molecule has 3 nitrogen and oxygen atoms in total. The van der Waals surface area contributed by atoms with E-state index in [1.807, 2.05) is 0 Å². The fourth-order valence-electron chi connectivity index (χ4n) is 1.82. The molecule has 2 rings (SSSR count). The van der Waals surface area contributed by atoms with Crippen molar-refractivity contribution >= 4 is 5.91 Å². The molecule has 74 valence electrons. The first-order valence-corrected chi connectivity index (χ1v) is 5.19. The van der Waals surface area contributed by atoms with Gasteiger partial charge in [-0.15, -0.1) is 0 Å². The van der Waals surface area contributed by atoms with Gasteiger partial charge in [0.15, 0.2) is 0 Å². The van der Waals surface area contributed by atoms with Gasteiger partial charge in [0.25, 0.3) is 0 Å². The Hall–Kier alpha value is -0.570. The first kappa shape index (κ1) is 9.00. The third kappa shape index (κ3) is 1.85. The largest absolute Gasteiger partial charge is 0.368 e. The number of ether oxygens (including phenoxy) is 1. The normalized spacial score (nSPS) is 30.1. The van der Waals surface area contributed by atoms with Crippen LogP contribution in [0.2, 0.25) is 0 Å². The summed E-state index contributed by atoms with van der Waals surface area (Å²) in [6.45, 7) is 2.84. The summed E-state index contributed by atoms with van der Waals surface area (Å²) in [4.78, 5) is 11.4. The van der Waals surface area contributed by atoms with Crippen LogP contribution in [-0.4, -0.2) is 24.7 Å². The lowest BCUT2D eigenvalue weighted by molar-refractivity contribution is -0.146. The zero-order valence-corrected chi connectivity index (χ0v) is 8.08. The number of hydrogen-bond acceptors (Lipinski definition) is 2. The van der Waals surface area contributed by atoms with Gasteiger partial charge in [-0.3, -0.25) is 4.79 Å². The Morgan fingerprint density at radius 2 is 2.15 bits per heavy atom. The van der Waals surface area contributed by atoms with Gasteiger partial charge in [-0.2, -0.15) is 0 Å². The highest BCUT2D eigenvalue weighted by atomic mass is 16.5. The highest BCUT2D eigenvalue weighted by Crippen LogP contribution is 2.29. The van der Waals surface area contributed by atoms with Crippen molar-refractivity contribution in [1.29, 1.82) is 0 Å². The second-order valence-electron chi connectivity index (χ2n) is 4.14. The van der Waals surface area contributed by atoms with E-state index in [0.717, 1.165) is 13.0 Å². The van der Waals surface area contributed by atoms with E-state index in [0.29, 0.717) is 12.0 Å². The van der Waals surface area contributed by atoms with Crippen LogP contribution in [-0.2, 0) is 9.53 Å². The molecule has 1 saturated heterocycles. The molecule has 2 atom stereocenters. The highest BCUT2D eigenvalue weighted by molar-refractivity contribution is 5.81. The minimum atomic E-state index is -0.150. The number of nitrogens with one attached hydrogen (secondary N) is 1. The van der Waals surface area contributed by atoms with Crippen LogP contribution in [0.25, 0.3) is 0 Å². The lowest BCUT2D eigenvalue weighted by Gasteiger charge is -2.34. The van der Waals surface area contributed by atoms with Gasteiger partial charge in [-0.1, -0.05) is 6.42 Å². The molecule has 0 radical (unpaired) electrons. The van der Waals surface area contributed by atoms with E-state index in [-0.39, 0.29) is 12.0 Å². The molecule has 0 aromatic heterocycles. The minimum absolute atomic E-state index is 0.0886. The second kappa shape index (κ2) is 3.66. The van der Waals surface area contributed by atoms with Crippen molar-refractivity contribution in [3.63, 3.8) is 0 Å². The molecule has 1 amide bonds. The topological polar surface area (TPSA) is 38.3 Å². The molecule has 1 heterocycles. The Kier molecular flexibility index (Phi) is 2.54. The molecule has 1 saturated carbocycles. The average molecular weight is 183 g/mol. The lowest BCUT2D eigenvalue weighted by Crippen LogP contribution is -2.49. The molecule has 13 heavy (non-hydrogen) atoms. The number of hydrogen-bond donors (Lipinski definition) is 1. The van der Waals surface area contributed by atoms with Gasteiger partial charge < -0.3 is 10.1 Å². The summed E-state index contributed by atoms with van der Waals surface area (Å²) in [5.41, 5.74) is 0. The molecule has 2 fully saturated rings. The van der Waals surface area contributed by atoms with Crippen molar-refractivity contribution in [1.82, 2.24) is 5.32 Å². The maximum atomic E-state index is 11.4. The Balaban J connectivity index is 1.72. The average Bonchev–Trinajstić information content (AvgIpc) is 1.76.